The first-order chi connectivity index (χ1) is 29.1. The molecule has 0 radical (unpaired) electrons. The summed E-state index contributed by atoms with van der Waals surface area (Å²) in [7, 11) is 0. The van der Waals surface area contributed by atoms with Gasteiger partial charge in [-0.3, -0.25) is 9.59 Å². The average molecular weight is 836 g/mol. The molecule has 62 heavy (non-hydrogen) atoms. The van der Waals surface area contributed by atoms with Crippen molar-refractivity contribution in [1.82, 2.24) is 10.3 Å². The van der Waals surface area contributed by atoms with E-state index in [9.17, 15) is 24.8 Å². The molecule has 1 saturated carbocycles. The Morgan fingerprint density at radius 2 is 1.32 bits per heavy atom. The number of nitrogens with zero attached hydrogens (tertiary/aromatic N) is 2. The van der Waals surface area contributed by atoms with Gasteiger partial charge in [-0.05, 0) is 71.1 Å². The number of nitrogens with one attached hydrogen (secondary N) is 3. The second-order valence-corrected chi connectivity index (χ2v) is 19.7. The number of rotatable bonds is 8. The molecule has 1 aromatic heterocycles. The van der Waals surface area contributed by atoms with Crippen LogP contribution >= 0.6 is 0 Å². The maximum absolute atomic E-state index is 15.3. The van der Waals surface area contributed by atoms with Gasteiger partial charge in [0.15, 0.2) is 5.84 Å². The van der Waals surface area contributed by atoms with E-state index in [4.69, 9.17) is 9.73 Å². The summed E-state index contributed by atoms with van der Waals surface area (Å²) in [5.41, 5.74) is 2.19. The number of amidine groups is 1. The molecular formula is C51H57N5O6. The van der Waals surface area contributed by atoms with Crippen molar-refractivity contribution >= 4 is 47.1 Å². The van der Waals surface area contributed by atoms with E-state index in [0.717, 1.165) is 12.8 Å². The maximum Gasteiger partial charge on any atom is 0.342 e. The molecule has 1 aliphatic carbocycles. The number of H-pyrrole nitrogens is 1. The number of esters is 1. The lowest BCUT2D eigenvalue weighted by Crippen LogP contribution is -2.49. The van der Waals surface area contributed by atoms with Crippen LogP contribution in [0.2, 0.25) is 0 Å². The van der Waals surface area contributed by atoms with Gasteiger partial charge in [0.25, 0.3) is 5.91 Å². The van der Waals surface area contributed by atoms with Crippen molar-refractivity contribution < 1.29 is 29.0 Å². The highest BCUT2D eigenvalue weighted by molar-refractivity contribution is 6.21. The van der Waals surface area contributed by atoms with Gasteiger partial charge in [-0.25, -0.2) is 14.6 Å². The fraction of sp³-hybridized carbons (Fsp3) is 0.373. The second-order valence-electron chi connectivity index (χ2n) is 19.7. The van der Waals surface area contributed by atoms with Gasteiger partial charge in [-0.15, -0.1) is 0 Å². The quantitative estimate of drug-likeness (QED) is 0.128. The third-order valence-electron chi connectivity index (χ3n) is 11.8. The van der Waals surface area contributed by atoms with Crippen LogP contribution in [-0.4, -0.2) is 45.8 Å². The van der Waals surface area contributed by atoms with Gasteiger partial charge in [0.2, 0.25) is 5.91 Å². The van der Waals surface area contributed by atoms with Crippen molar-refractivity contribution in [3.63, 3.8) is 0 Å². The molecule has 1 aliphatic heterocycles. The van der Waals surface area contributed by atoms with E-state index in [1.54, 1.807) is 26.8 Å². The summed E-state index contributed by atoms with van der Waals surface area (Å²) in [6, 6.07) is 26.3. The Balaban J connectivity index is 1.60. The predicted molar refractivity (Wildman–Crippen MR) is 243 cm³/mol. The molecule has 11 nitrogen and oxygen atoms in total. The number of hydrogen-bond donors (Lipinski definition) is 4. The zero-order valence-electron chi connectivity index (χ0n) is 37.3. The first-order valence-electron chi connectivity index (χ1n) is 21.1. The maximum atomic E-state index is 15.3. The van der Waals surface area contributed by atoms with Gasteiger partial charge in [0, 0.05) is 34.0 Å². The Hall–Kier alpha value is -6.54. The van der Waals surface area contributed by atoms with Crippen LogP contribution in [0.5, 0.6) is 0 Å². The zero-order chi connectivity index (χ0) is 45.3. The van der Waals surface area contributed by atoms with Crippen molar-refractivity contribution in [2.24, 2.45) is 39.0 Å². The number of amides is 2. The van der Waals surface area contributed by atoms with Gasteiger partial charge in [0.1, 0.15) is 29.1 Å². The third kappa shape index (κ3) is 9.65. The highest BCUT2D eigenvalue weighted by Crippen LogP contribution is 2.50. The lowest BCUT2D eigenvalue weighted by atomic mass is 9.59. The standard InChI is InChI=1S/C51H57N5O6/c1-29-25-35(49(2,3)4)42(36(26-29)50(5,6)7)62-47(60)41-40(31-19-15-12-16-20-31)38(54-44(41)55-45(57)32-21-23-33(24-22-32)46(58)59)27-37-39(30-17-13-11-14-18-30)34(28-52)43(53-37)56-48(61)51(8,9)10/h11-24,27,29,35-36,42,54H,25-26H2,1-10H3,(H,55,57)(H,58,59)(H,53,56,61)/b37-27-. The van der Waals surface area contributed by atoms with Crippen LogP contribution < -0.4 is 10.6 Å². The van der Waals surface area contributed by atoms with Crippen LogP contribution in [0.3, 0.4) is 0 Å². The molecule has 322 valence electrons. The Bertz CT molecular complexity index is 2480. The second kappa shape index (κ2) is 17.4. The molecular weight excluding hydrogens is 779 g/mol. The highest BCUT2D eigenvalue weighted by atomic mass is 16.5. The summed E-state index contributed by atoms with van der Waals surface area (Å²) in [6.45, 7) is 20.7. The van der Waals surface area contributed by atoms with E-state index < -0.39 is 29.4 Å². The van der Waals surface area contributed by atoms with Crippen molar-refractivity contribution in [3.05, 3.63) is 124 Å². The number of aliphatic imine (C=N–C) groups is 1. The largest absolute Gasteiger partial charge is 0.478 e. The minimum atomic E-state index is -1.13. The lowest BCUT2D eigenvalue weighted by Gasteiger charge is -2.50. The van der Waals surface area contributed by atoms with E-state index in [1.807, 2.05) is 60.7 Å². The first kappa shape index (κ1) is 45.0. The van der Waals surface area contributed by atoms with Crippen LogP contribution in [0.4, 0.5) is 5.82 Å². The Kier molecular flexibility index (Phi) is 12.7. The van der Waals surface area contributed by atoms with Crippen molar-refractivity contribution in [2.75, 3.05) is 5.32 Å². The molecule has 11 heteroatoms. The first-order valence-corrected chi connectivity index (χ1v) is 21.1. The number of carbonyl (C=O) groups is 4. The van der Waals surface area contributed by atoms with Crippen molar-refractivity contribution in [1.29, 1.82) is 5.26 Å². The number of aromatic amines is 1. The Morgan fingerprint density at radius 3 is 1.82 bits per heavy atom. The number of carboxylic acid groups (broad SMARTS) is 1. The number of aromatic carboxylic acids is 1. The smallest absolute Gasteiger partial charge is 0.342 e. The van der Waals surface area contributed by atoms with Crippen LogP contribution in [0.15, 0.2) is 101 Å². The lowest BCUT2D eigenvalue weighted by molar-refractivity contribution is -0.126. The number of nitriles is 1. The minimum Gasteiger partial charge on any atom is -0.478 e. The van der Waals surface area contributed by atoms with Crippen molar-refractivity contribution in [2.45, 2.75) is 88.2 Å². The van der Waals surface area contributed by atoms with Gasteiger partial charge in [0.05, 0.1) is 17.0 Å². The molecule has 2 atom stereocenters. The Labute approximate surface area is 364 Å². The summed E-state index contributed by atoms with van der Waals surface area (Å²) in [6.07, 6.45) is 3.01. The van der Waals surface area contributed by atoms with Gasteiger partial charge in [-0.1, -0.05) is 130 Å². The summed E-state index contributed by atoms with van der Waals surface area (Å²) in [4.78, 5) is 62.5. The zero-order valence-corrected chi connectivity index (χ0v) is 37.3. The van der Waals surface area contributed by atoms with Crippen molar-refractivity contribution in [3.8, 4) is 17.2 Å². The number of benzene rings is 3. The van der Waals surface area contributed by atoms with E-state index in [-0.39, 0.29) is 62.5 Å². The Morgan fingerprint density at radius 1 is 0.790 bits per heavy atom. The summed E-state index contributed by atoms with van der Waals surface area (Å²) in [5.74, 6) is -2.04. The molecule has 0 saturated heterocycles. The van der Waals surface area contributed by atoms with Crippen LogP contribution in [0.25, 0.3) is 22.8 Å². The molecule has 3 aromatic carbocycles. The molecule has 6 rings (SSSR count). The minimum absolute atomic E-state index is 0.0174. The van der Waals surface area contributed by atoms with E-state index in [1.165, 1.54) is 24.3 Å². The molecule has 2 heterocycles. The van der Waals surface area contributed by atoms with E-state index >= 15 is 4.79 Å². The number of aromatic nitrogens is 1. The third-order valence-corrected chi connectivity index (χ3v) is 11.8. The fourth-order valence-electron chi connectivity index (χ4n) is 8.44. The monoisotopic (exact) mass is 835 g/mol. The SMILES string of the molecule is CC1CC(C(C)(C)C)C(OC(=O)c2c(NC(=O)c3ccc(C(=O)O)cc3)[nH]c(/C=C3\N=C(NC(=O)C(C)(C)C)C(C#N)=C3c3ccccc3)c2-c2ccccc2)C(C(C)(C)C)C1. The van der Waals surface area contributed by atoms with E-state index in [0.29, 0.717) is 39.6 Å². The number of allylic oxidation sites excluding steroid dienone is 1. The topological polar surface area (TPSA) is 174 Å². The normalized spacial score (nSPS) is 20.0. The van der Waals surface area contributed by atoms with Gasteiger partial charge in [-0.2, -0.15) is 5.26 Å². The number of anilines is 1. The summed E-state index contributed by atoms with van der Waals surface area (Å²) in [5, 5.41) is 25.9. The average Bonchev–Trinajstić information content (AvgIpc) is 3.74. The van der Waals surface area contributed by atoms with Crippen LogP contribution in [-0.2, 0) is 9.53 Å². The molecule has 4 N–H and O–H groups in total. The molecule has 2 unspecified atom stereocenters. The van der Waals surface area contributed by atoms with Crippen LogP contribution in [0, 0.1) is 45.3 Å². The van der Waals surface area contributed by atoms with E-state index in [2.05, 4.69) is 70.2 Å². The molecule has 2 amide bonds. The summed E-state index contributed by atoms with van der Waals surface area (Å²) >= 11 is 0. The molecule has 0 spiro atoms. The molecule has 0 bridgehead atoms. The highest BCUT2D eigenvalue weighted by Gasteiger charge is 2.48. The molecule has 4 aromatic rings. The number of carboxylic acids is 1. The molecule has 1 fully saturated rings. The number of hydrogen-bond acceptors (Lipinski definition) is 7. The number of carbonyl (C=O) groups excluding carboxylic acids is 3. The van der Waals surface area contributed by atoms with Gasteiger partial charge < -0.3 is 25.5 Å². The number of ether oxygens (including phenoxy) is 1. The summed E-state index contributed by atoms with van der Waals surface area (Å²) < 4.78 is 6.81. The predicted octanol–water partition coefficient (Wildman–Crippen LogP) is 10.8. The van der Waals surface area contributed by atoms with Gasteiger partial charge >= 0.3 is 11.9 Å². The van der Waals surface area contributed by atoms with Crippen LogP contribution in [0.1, 0.15) is 124 Å². The molecule has 2 aliphatic rings. The fourth-order valence-corrected chi connectivity index (χ4v) is 8.44.